The SMILES string of the molecule is CS(=O)(=O)N1CCCOc2ccc(OC[C@@H](O)CN(Cc3ccccc3)C3CCC(c4ccc(C(=O)O)cc4)CC3)cc21. The molecule has 1 fully saturated rings. The number of sulfonamides is 1. The third-order valence-electron chi connectivity index (χ3n) is 8.32. The first-order valence-corrected chi connectivity index (χ1v) is 16.7. The molecule has 0 aromatic heterocycles. The van der Waals surface area contributed by atoms with Crippen LogP contribution in [-0.2, 0) is 16.6 Å². The van der Waals surface area contributed by atoms with Crippen molar-refractivity contribution in [3.05, 3.63) is 89.5 Å². The minimum absolute atomic E-state index is 0.0646. The van der Waals surface area contributed by atoms with Crippen LogP contribution in [-0.4, -0.2) is 74.2 Å². The van der Waals surface area contributed by atoms with Crippen molar-refractivity contribution in [3.63, 3.8) is 0 Å². The van der Waals surface area contributed by atoms with E-state index in [1.807, 2.05) is 30.3 Å². The van der Waals surface area contributed by atoms with Gasteiger partial charge >= 0.3 is 5.97 Å². The lowest BCUT2D eigenvalue weighted by Gasteiger charge is -2.38. The van der Waals surface area contributed by atoms with Crippen molar-refractivity contribution in [2.45, 2.75) is 56.7 Å². The highest BCUT2D eigenvalue weighted by Gasteiger charge is 2.29. The number of carboxylic acid groups (broad SMARTS) is 1. The molecule has 1 saturated carbocycles. The van der Waals surface area contributed by atoms with Crippen molar-refractivity contribution in [1.82, 2.24) is 4.90 Å². The Bertz CT molecular complexity index is 1470. The predicted octanol–water partition coefficient (Wildman–Crippen LogP) is 4.90. The van der Waals surface area contributed by atoms with Crippen LogP contribution in [0.2, 0.25) is 0 Å². The van der Waals surface area contributed by atoms with E-state index in [1.54, 1.807) is 30.3 Å². The van der Waals surface area contributed by atoms with Crippen LogP contribution >= 0.6 is 0 Å². The maximum atomic E-state index is 12.4. The lowest BCUT2D eigenvalue weighted by Crippen LogP contribution is -2.43. The molecule has 9 nitrogen and oxygen atoms in total. The molecule has 1 heterocycles. The van der Waals surface area contributed by atoms with Crippen molar-refractivity contribution >= 4 is 21.7 Å². The first-order valence-electron chi connectivity index (χ1n) is 14.8. The van der Waals surface area contributed by atoms with E-state index in [4.69, 9.17) is 9.47 Å². The highest BCUT2D eigenvalue weighted by Crippen LogP contribution is 2.37. The fourth-order valence-electron chi connectivity index (χ4n) is 6.11. The quantitative estimate of drug-likeness (QED) is 0.316. The van der Waals surface area contributed by atoms with Crippen LogP contribution in [0.4, 0.5) is 5.69 Å². The van der Waals surface area contributed by atoms with Crippen molar-refractivity contribution < 1.29 is 32.9 Å². The molecule has 2 aliphatic rings. The summed E-state index contributed by atoms with van der Waals surface area (Å²) in [6, 6.07) is 22.9. The van der Waals surface area contributed by atoms with Crippen molar-refractivity contribution in [3.8, 4) is 11.5 Å². The molecule has 10 heteroatoms. The van der Waals surface area contributed by atoms with E-state index in [0.717, 1.165) is 25.7 Å². The molecular formula is C33H40N2O7S. The van der Waals surface area contributed by atoms with Gasteiger partial charge in [-0.25, -0.2) is 13.2 Å². The molecule has 43 heavy (non-hydrogen) atoms. The summed E-state index contributed by atoms with van der Waals surface area (Å²) in [4.78, 5) is 13.6. The minimum Gasteiger partial charge on any atom is -0.491 e. The summed E-state index contributed by atoms with van der Waals surface area (Å²) < 4.78 is 37.9. The zero-order chi connectivity index (χ0) is 30.4. The van der Waals surface area contributed by atoms with Gasteiger partial charge in [0, 0.05) is 38.2 Å². The number of fused-ring (bicyclic) bond motifs is 1. The molecular weight excluding hydrogens is 568 g/mol. The molecule has 5 rings (SSSR count). The van der Waals surface area contributed by atoms with Gasteiger partial charge in [0.15, 0.2) is 0 Å². The third-order valence-corrected chi connectivity index (χ3v) is 9.50. The van der Waals surface area contributed by atoms with Gasteiger partial charge in [0.05, 0.1) is 24.1 Å². The number of aliphatic hydroxyl groups excluding tert-OH is 1. The second kappa shape index (κ2) is 13.8. The molecule has 1 aliphatic heterocycles. The van der Waals surface area contributed by atoms with Crippen LogP contribution in [0, 0.1) is 0 Å². The Hall–Kier alpha value is -3.60. The second-order valence-electron chi connectivity index (χ2n) is 11.5. The molecule has 230 valence electrons. The van der Waals surface area contributed by atoms with Crippen molar-refractivity contribution in [1.29, 1.82) is 0 Å². The van der Waals surface area contributed by atoms with Gasteiger partial charge in [0.2, 0.25) is 10.0 Å². The lowest BCUT2D eigenvalue weighted by atomic mass is 9.81. The maximum absolute atomic E-state index is 12.4. The van der Waals surface area contributed by atoms with E-state index in [9.17, 15) is 23.4 Å². The predicted molar refractivity (Wildman–Crippen MR) is 165 cm³/mol. The summed E-state index contributed by atoms with van der Waals surface area (Å²) in [7, 11) is -3.48. The Morgan fingerprint density at radius 1 is 1.05 bits per heavy atom. The molecule has 3 aromatic rings. The number of hydrogen-bond acceptors (Lipinski definition) is 7. The smallest absolute Gasteiger partial charge is 0.335 e. The van der Waals surface area contributed by atoms with Crippen LogP contribution < -0.4 is 13.8 Å². The zero-order valence-corrected chi connectivity index (χ0v) is 25.3. The highest BCUT2D eigenvalue weighted by atomic mass is 32.2. The number of aliphatic hydroxyl groups is 1. The van der Waals surface area contributed by atoms with Crippen LogP contribution in [0.5, 0.6) is 11.5 Å². The number of carbonyl (C=O) groups is 1. The standard InChI is InChI=1S/C33H40N2O7S/c1-43(39,40)35-18-5-19-41-32-17-16-30(20-31(32)35)42-23-29(36)22-34(21-24-6-3-2-4-7-24)28-14-12-26(13-15-28)25-8-10-27(11-9-25)33(37)38/h2-4,6-11,16-17,20,26,28-29,36H,5,12-15,18-19,21-23H2,1H3,(H,37,38)/t26?,28?,29-/m0/s1. The number of benzene rings is 3. The van der Waals surface area contributed by atoms with Crippen LogP contribution in [0.3, 0.4) is 0 Å². The Balaban J connectivity index is 1.23. The number of carboxylic acids is 1. The molecule has 0 unspecified atom stereocenters. The number of rotatable bonds is 11. The van der Waals surface area contributed by atoms with Gasteiger partial charge in [-0.05, 0) is 67.0 Å². The molecule has 0 saturated heterocycles. The van der Waals surface area contributed by atoms with Crippen molar-refractivity contribution in [2.24, 2.45) is 0 Å². The Morgan fingerprint density at radius 3 is 2.44 bits per heavy atom. The van der Waals surface area contributed by atoms with Crippen LogP contribution in [0.15, 0.2) is 72.8 Å². The molecule has 0 spiro atoms. The van der Waals surface area contributed by atoms with E-state index < -0.39 is 22.1 Å². The van der Waals surface area contributed by atoms with Gasteiger partial charge < -0.3 is 19.7 Å². The van der Waals surface area contributed by atoms with Gasteiger partial charge in [-0.1, -0.05) is 42.5 Å². The summed E-state index contributed by atoms with van der Waals surface area (Å²) in [6.07, 6.45) is 4.93. The first-order chi connectivity index (χ1) is 20.7. The molecule has 0 radical (unpaired) electrons. The second-order valence-corrected chi connectivity index (χ2v) is 13.4. The molecule has 1 aliphatic carbocycles. The first kappa shape index (κ1) is 30.8. The Kier molecular flexibility index (Phi) is 9.90. The fraction of sp³-hybridized carbons (Fsp3) is 0.424. The third kappa shape index (κ3) is 8.07. The number of anilines is 1. The molecule has 1 atom stereocenters. The largest absolute Gasteiger partial charge is 0.491 e. The maximum Gasteiger partial charge on any atom is 0.335 e. The van der Waals surface area contributed by atoms with Crippen LogP contribution in [0.1, 0.15) is 59.5 Å². The monoisotopic (exact) mass is 608 g/mol. The van der Waals surface area contributed by atoms with Crippen LogP contribution in [0.25, 0.3) is 0 Å². The van der Waals surface area contributed by atoms with Crippen molar-refractivity contribution in [2.75, 3.05) is 36.9 Å². The Labute approximate surface area is 253 Å². The van der Waals surface area contributed by atoms with E-state index >= 15 is 0 Å². The van der Waals surface area contributed by atoms with E-state index in [1.165, 1.54) is 21.7 Å². The number of ether oxygens (including phenoxy) is 2. The fourth-order valence-corrected chi connectivity index (χ4v) is 7.07. The topological polar surface area (TPSA) is 117 Å². The Morgan fingerprint density at radius 2 is 1.77 bits per heavy atom. The number of nitrogens with zero attached hydrogens (tertiary/aromatic N) is 2. The van der Waals surface area contributed by atoms with Gasteiger partial charge in [0.1, 0.15) is 24.2 Å². The molecule has 0 bridgehead atoms. The van der Waals surface area contributed by atoms with E-state index in [2.05, 4.69) is 17.0 Å². The van der Waals surface area contributed by atoms with Gasteiger partial charge in [-0.15, -0.1) is 0 Å². The average Bonchev–Trinajstić information content (AvgIpc) is 3.23. The summed E-state index contributed by atoms with van der Waals surface area (Å²) >= 11 is 0. The molecule has 0 amide bonds. The molecule has 2 N–H and O–H groups in total. The van der Waals surface area contributed by atoms with E-state index in [-0.39, 0.29) is 12.6 Å². The molecule has 3 aromatic carbocycles. The van der Waals surface area contributed by atoms with Gasteiger partial charge in [-0.3, -0.25) is 9.21 Å². The normalized spacial score (nSPS) is 19.7. The average molecular weight is 609 g/mol. The number of hydrogen-bond donors (Lipinski definition) is 2. The summed E-state index contributed by atoms with van der Waals surface area (Å²) in [6.45, 7) is 1.98. The minimum atomic E-state index is -3.48. The summed E-state index contributed by atoms with van der Waals surface area (Å²) in [5, 5.41) is 20.3. The van der Waals surface area contributed by atoms with Gasteiger partial charge in [0.25, 0.3) is 0 Å². The zero-order valence-electron chi connectivity index (χ0n) is 24.5. The summed E-state index contributed by atoms with van der Waals surface area (Å²) in [5.41, 5.74) is 3.10. The lowest BCUT2D eigenvalue weighted by molar-refractivity contribution is 0.0384. The summed E-state index contributed by atoms with van der Waals surface area (Å²) in [5.74, 6) is 0.440. The van der Waals surface area contributed by atoms with Gasteiger partial charge in [-0.2, -0.15) is 0 Å². The highest BCUT2D eigenvalue weighted by molar-refractivity contribution is 7.92. The van der Waals surface area contributed by atoms with E-state index in [0.29, 0.717) is 61.3 Å². The number of aromatic carboxylic acids is 1.